The first-order chi connectivity index (χ1) is 4.43. The van der Waals surface area contributed by atoms with Gasteiger partial charge >= 0.3 is 0 Å². The summed E-state index contributed by atoms with van der Waals surface area (Å²) < 4.78 is 0. The Hall–Kier alpha value is -1.31. The second-order valence-corrected chi connectivity index (χ2v) is 1.57. The van der Waals surface area contributed by atoms with Gasteiger partial charge in [0, 0.05) is 12.4 Å². The van der Waals surface area contributed by atoms with Crippen LogP contribution in [0.25, 0.3) is 0 Å². The van der Waals surface area contributed by atoms with Crippen LogP contribution in [0.15, 0.2) is 41.8 Å². The van der Waals surface area contributed by atoms with Crippen LogP contribution in [0.2, 0.25) is 0 Å². The highest BCUT2D eigenvalue weighted by Crippen LogP contribution is 1.93. The number of hydrogen-bond donors (Lipinski definition) is 1. The molecule has 1 aliphatic rings. The Kier molecular flexibility index (Phi) is 1.85. The highest BCUT2D eigenvalue weighted by atomic mass is 15.0. The van der Waals surface area contributed by atoms with E-state index in [1.807, 2.05) is 12.3 Å². The summed E-state index contributed by atoms with van der Waals surface area (Å²) in [6.07, 6.45) is 8.88. The van der Waals surface area contributed by atoms with E-state index in [2.05, 4.69) is 16.9 Å². The summed E-state index contributed by atoms with van der Waals surface area (Å²) in [5, 5.41) is 2.93. The van der Waals surface area contributed by atoms with Gasteiger partial charge in [-0.05, 0) is 12.2 Å². The van der Waals surface area contributed by atoms with Crippen molar-refractivity contribution in [3.8, 4) is 0 Å². The summed E-state index contributed by atoms with van der Waals surface area (Å²) in [5.41, 5.74) is 0. The molecule has 9 heavy (non-hydrogen) atoms. The van der Waals surface area contributed by atoms with Crippen molar-refractivity contribution in [2.75, 3.05) is 0 Å². The van der Waals surface area contributed by atoms with Gasteiger partial charge in [0.1, 0.15) is 5.82 Å². The van der Waals surface area contributed by atoms with Gasteiger partial charge in [-0.25, -0.2) is 4.99 Å². The zero-order chi connectivity index (χ0) is 6.53. The Balaban J connectivity index is 2.65. The van der Waals surface area contributed by atoms with Crippen LogP contribution in [0.5, 0.6) is 0 Å². The van der Waals surface area contributed by atoms with E-state index < -0.39 is 0 Å². The molecule has 2 nitrogen and oxygen atoms in total. The van der Waals surface area contributed by atoms with Crippen molar-refractivity contribution >= 4 is 6.21 Å². The molecule has 1 heterocycles. The number of rotatable bonds is 1. The van der Waals surface area contributed by atoms with Crippen LogP contribution < -0.4 is 5.32 Å². The van der Waals surface area contributed by atoms with Gasteiger partial charge in [-0.3, -0.25) is 0 Å². The Morgan fingerprint density at radius 2 is 2.56 bits per heavy atom. The van der Waals surface area contributed by atoms with Crippen molar-refractivity contribution in [1.29, 1.82) is 0 Å². The van der Waals surface area contributed by atoms with Crippen LogP contribution in [0.4, 0.5) is 0 Å². The molecule has 1 rings (SSSR count). The Labute approximate surface area is 54.3 Å². The van der Waals surface area contributed by atoms with Crippen molar-refractivity contribution in [1.82, 2.24) is 5.32 Å². The van der Waals surface area contributed by atoms with E-state index in [9.17, 15) is 0 Å². The van der Waals surface area contributed by atoms with E-state index in [4.69, 9.17) is 0 Å². The minimum absolute atomic E-state index is 0.826. The molecular formula is C7H8N2. The number of aliphatic imine (C=N–C) groups is 1. The van der Waals surface area contributed by atoms with Crippen molar-refractivity contribution in [3.05, 3.63) is 36.8 Å². The average molecular weight is 120 g/mol. The molecule has 1 N–H and O–H groups in total. The van der Waals surface area contributed by atoms with Crippen LogP contribution in [0, 0.1) is 0 Å². The summed E-state index contributed by atoms with van der Waals surface area (Å²) in [7, 11) is 0. The Morgan fingerprint density at radius 3 is 3.11 bits per heavy atom. The first-order valence-electron chi connectivity index (χ1n) is 2.72. The lowest BCUT2D eigenvalue weighted by atomic mass is 10.5. The third-order valence-corrected chi connectivity index (χ3v) is 0.903. The maximum Gasteiger partial charge on any atom is 0.129 e. The highest BCUT2D eigenvalue weighted by Gasteiger charge is 1.87. The van der Waals surface area contributed by atoms with Gasteiger partial charge in [0.15, 0.2) is 0 Å². The fourth-order valence-corrected chi connectivity index (χ4v) is 0.540. The molecule has 0 amide bonds. The lowest BCUT2D eigenvalue weighted by Gasteiger charge is -2.01. The zero-order valence-corrected chi connectivity index (χ0v) is 5.04. The minimum atomic E-state index is 0.826. The van der Waals surface area contributed by atoms with Gasteiger partial charge in [0.2, 0.25) is 0 Å². The molecule has 0 aromatic carbocycles. The first-order valence-corrected chi connectivity index (χ1v) is 2.72. The fourth-order valence-electron chi connectivity index (χ4n) is 0.540. The summed E-state index contributed by atoms with van der Waals surface area (Å²) in [5.74, 6) is 0.826. The Morgan fingerprint density at radius 1 is 1.67 bits per heavy atom. The largest absolute Gasteiger partial charge is 0.347 e. The molecule has 0 saturated carbocycles. The molecule has 0 radical (unpaired) electrons. The van der Waals surface area contributed by atoms with Crippen molar-refractivity contribution in [2.45, 2.75) is 0 Å². The number of hydrogen-bond acceptors (Lipinski definition) is 2. The van der Waals surface area contributed by atoms with Crippen LogP contribution in [0.1, 0.15) is 0 Å². The second kappa shape index (κ2) is 2.87. The fraction of sp³-hybridized carbons (Fsp3) is 0. The molecule has 2 heteroatoms. The summed E-state index contributed by atoms with van der Waals surface area (Å²) in [4.78, 5) is 3.99. The summed E-state index contributed by atoms with van der Waals surface area (Å²) in [6, 6.07) is 0. The van der Waals surface area contributed by atoms with E-state index in [1.54, 1.807) is 18.4 Å². The molecule has 0 aromatic heterocycles. The molecule has 0 aromatic rings. The van der Waals surface area contributed by atoms with Gasteiger partial charge in [-0.1, -0.05) is 12.7 Å². The molecule has 0 unspecified atom stereocenters. The van der Waals surface area contributed by atoms with E-state index in [-0.39, 0.29) is 0 Å². The smallest absolute Gasteiger partial charge is 0.129 e. The standard InChI is InChI=1S/C7H8N2/c1-2-4-7-8-5-3-6-9-7/h2-6,8H,1H2. The lowest BCUT2D eigenvalue weighted by molar-refractivity contribution is 1.02. The van der Waals surface area contributed by atoms with Crippen molar-refractivity contribution < 1.29 is 0 Å². The molecule has 0 aliphatic carbocycles. The number of nitrogens with one attached hydrogen (secondary N) is 1. The third-order valence-electron chi connectivity index (χ3n) is 0.903. The predicted octanol–water partition coefficient (Wildman–Crippen LogP) is 1.20. The van der Waals surface area contributed by atoms with Crippen molar-refractivity contribution in [3.63, 3.8) is 0 Å². The minimum Gasteiger partial charge on any atom is -0.347 e. The molecule has 1 aliphatic heterocycles. The number of allylic oxidation sites excluding steroid dienone is 3. The van der Waals surface area contributed by atoms with E-state index in [0.717, 1.165) is 5.82 Å². The quantitative estimate of drug-likeness (QED) is 0.552. The molecule has 0 atom stereocenters. The molecule has 0 saturated heterocycles. The van der Waals surface area contributed by atoms with Crippen LogP contribution >= 0.6 is 0 Å². The first kappa shape index (κ1) is 5.82. The molecule has 0 bridgehead atoms. The third kappa shape index (κ3) is 1.57. The van der Waals surface area contributed by atoms with E-state index >= 15 is 0 Å². The molecule has 46 valence electrons. The topological polar surface area (TPSA) is 24.4 Å². The zero-order valence-electron chi connectivity index (χ0n) is 5.04. The molecule has 0 fully saturated rings. The van der Waals surface area contributed by atoms with Gasteiger partial charge in [0.05, 0.1) is 0 Å². The van der Waals surface area contributed by atoms with Crippen LogP contribution in [-0.2, 0) is 0 Å². The summed E-state index contributed by atoms with van der Waals surface area (Å²) in [6.45, 7) is 3.54. The normalized spacial score (nSPS) is 19.8. The average Bonchev–Trinajstić information content (AvgIpc) is 1.91. The molecular weight excluding hydrogens is 112 g/mol. The van der Waals surface area contributed by atoms with Gasteiger partial charge in [-0.2, -0.15) is 0 Å². The number of nitrogens with zero attached hydrogens (tertiary/aromatic N) is 1. The van der Waals surface area contributed by atoms with Crippen LogP contribution in [-0.4, -0.2) is 6.21 Å². The monoisotopic (exact) mass is 120 g/mol. The summed E-state index contributed by atoms with van der Waals surface area (Å²) >= 11 is 0. The van der Waals surface area contributed by atoms with Gasteiger partial charge in [-0.15, -0.1) is 0 Å². The lowest BCUT2D eigenvalue weighted by Crippen LogP contribution is -2.05. The van der Waals surface area contributed by atoms with E-state index in [0.29, 0.717) is 0 Å². The molecule has 0 spiro atoms. The SMILES string of the molecule is C=CC=C1N=CC=CN1. The van der Waals surface area contributed by atoms with Gasteiger partial charge < -0.3 is 5.32 Å². The van der Waals surface area contributed by atoms with Crippen LogP contribution in [0.3, 0.4) is 0 Å². The van der Waals surface area contributed by atoms with Gasteiger partial charge in [0.25, 0.3) is 0 Å². The van der Waals surface area contributed by atoms with E-state index in [1.165, 1.54) is 0 Å². The maximum atomic E-state index is 3.99. The Bertz CT molecular complexity index is 187. The highest BCUT2D eigenvalue weighted by molar-refractivity contribution is 5.73. The second-order valence-electron chi connectivity index (χ2n) is 1.57. The maximum absolute atomic E-state index is 3.99. The van der Waals surface area contributed by atoms with Crippen molar-refractivity contribution in [2.24, 2.45) is 4.99 Å². The predicted molar refractivity (Wildman–Crippen MR) is 39.0 cm³/mol.